The van der Waals surface area contributed by atoms with E-state index in [1.807, 2.05) is 38.1 Å². The number of aryl methyl sites for hydroxylation is 2. The highest BCUT2D eigenvalue weighted by atomic mass is 32.2. The van der Waals surface area contributed by atoms with Crippen LogP contribution in [-0.4, -0.2) is 53.7 Å². The van der Waals surface area contributed by atoms with Crippen LogP contribution in [0.4, 0.5) is 10.6 Å². The van der Waals surface area contributed by atoms with Gasteiger partial charge in [0.05, 0.1) is 17.2 Å². The molecule has 1 fully saturated rings. The molecule has 0 saturated carbocycles. The molecule has 2 heterocycles. The van der Waals surface area contributed by atoms with Crippen molar-refractivity contribution in [2.24, 2.45) is 0 Å². The first-order chi connectivity index (χ1) is 11.3. The van der Waals surface area contributed by atoms with Gasteiger partial charge in [-0.15, -0.1) is 5.10 Å². The lowest BCUT2D eigenvalue weighted by molar-refractivity contribution is 0.216. The number of urea groups is 1. The standard InChI is InChI=1S/C16H20N4O3S/c1-12-3-5-14(6-4-12)20-13(2)11-15(18-20)17-16(21)19-7-9-24(22,23)10-8-19/h3-6,11H,7-10H2,1-2H3,(H,17,18,21). The summed E-state index contributed by atoms with van der Waals surface area (Å²) in [5, 5.41) is 7.15. The van der Waals surface area contributed by atoms with Crippen molar-refractivity contribution in [2.75, 3.05) is 29.9 Å². The Morgan fingerprint density at radius 1 is 1.12 bits per heavy atom. The normalized spacial score (nSPS) is 16.8. The second-order valence-electron chi connectivity index (χ2n) is 5.99. The minimum Gasteiger partial charge on any atom is -0.322 e. The molecule has 1 aromatic carbocycles. The summed E-state index contributed by atoms with van der Waals surface area (Å²) >= 11 is 0. The summed E-state index contributed by atoms with van der Waals surface area (Å²) in [5.41, 5.74) is 2.98. The number of amides is 2. The van der Waals surface area contributed by atoms with E-state index in [0.29, 0.717) is 5.82 Å². The molecule has 2 aromatic rings. The highest BCUT2D eigenvalue weighted by molar-refractivity contribution is 7.91. The molecule has 8 heteroatoms. The Morgan fingerprint density at radius 3 is 2.38 bits per heavy atom. The Kier molecular flexibility index (Phi) is 4.31. The largest absolute Gasteiger partial charge is 0.323 e. The predicted molar refractivity (Wildman–Crippen MR) is 92.3 cm³/mol. The molecule has 0 radical (unpaired) electrons. The molecule has 7 nitrogen and oxygen atoms in total. The fourth-order valence-electron chi connectivity index (χ4n) is 2.59. The highest BCUT2D eigenvalue weighted by Crippen LogP contribution is 2.16. The zero-order valence-corrected chi connectivity index (χ0v) is 14.5. The van der Waals surface area contributed by atoms with E-state index in [-0.39, 0.29) is 30.6 Å². The molecular formula is C16H20N4O3S. The van der Waals surface area contributed by atoms with Gasteiger partial charge < -0.3 is 4.90 Å². The third-order valence-corrected chi connectivity index (χ3v) is 5.64. The van der Waals surface area contributed by atoms with Crippen LogP contribution in [-0.2, 0) is 9.84 Å². The molecule has 0 atom stereocenters. The molecule has 1 saturated heterocycles. The van der Waals surface area contributed by atoms with Gasteiger partial charge in [-0.3, -0.25) is 5.32 Å². The van der Waals surface area contributed by atoms with Crippen LogP contribution < -0.4 is 5.32 Å². The van der Waals surface area contributed by atoms with Gasteiger partial charge in [-0.1, -0.05) is 17.7 Å². The Hall–Kier alpha value is -2.35. The van der Waals surface area contributed by atoms with E-state index < -0.39 is 9.84 Å². The number of nitrogens with one attached hydrogen (secondary N) is 1. The first kappa shape index (κ1) is 16.5. The average Bonchev–Trinajstić information content (AvgIpc) is 2.88. The summed E-state index contributed by atoms with van der Waals surface area (Å²) < 4.78 is 24.6. The summed E-state index contributed by atoms with van der Waals surface area (Å²) in [6.07, 6.45) is 0. The highest BCUT2D eigenvalue weighted by Gasteiger charge is 2.25. The van der Waals surface area contributed by atoms with Crippen LogP contribution in [0.3, 0.4) is 0 Å². The Bertz CT molecular complexity index is 842. The van der Waals surface area contributed by atoms with Crippen LogP contribution in [0.5, 0.6) is 0 Å². The molecule has 3 rings (SSSR count). The summed E-state index contributed by atoms with van der Waals surface area (Å²) in [4.78, 5) is 13.8. The topological polar surface area (TPSA) is 84.3 Å². The number of benzene rings is 1. The maximum Gasteiger partial charge on any atom is 0.323 e. The third-order valence-electron chi connectivity index (χ3n) is 4.03. The van der Waals surface area contributed by atoms with Gasteiger partial charge in [0.25, 0.3) is 0 Å². The molecule has 2 amide bonds. The van der Waals surface area contributed by atoms with Crippen molar-refractivity contribution in [3.8, 4) is 5.69 Å². The minimum atomic E-state index is -3.01. The Labute approximate surface area is 141 Å². The number of anilines is 1. The van der Waals surface area contributed by atoms with E-state index in [9.17, 15) is 13.2 Å². The lowest BCUT2D eigenvalue weighted by Crippen LogP contribution is -2.45. The van der Waals surface area contributed by atoms with Crippen molar-refractivity contribution >= 4 is 21.7 Å². The fraction of sp³-hybridized carbons (Fsp3) is 0.375. The summed E-state index contributed by atoms with van der Waals surface area (Å²) in [6, 6.07) is 9.41. The summed E-state index contributed by atoms with van der Waals surface area (Å²) in [7, 11) is -3.01. The van der Waals surface area contributed by atoms with Crippen molar-refractivity contribution < 1.29 is 13.2 Å². The van der Waals surface area contributed by atoms with Crippen LogP contribution in [0.25, 0.3) is 5.69 Å². The van der Waals surface area contributed by atoms with Gasteiger partial charge in [0.2, 0.25) is 0 Å². The van der Waals surface area contributed by atoms with E-state index in [1.54, 1.807) is 10.7 Å². The predicted octanol–water partition coefficient (Wildman–Crippen LogP) is 1.75. The molecule has 1 N–H and O–H groups in total. The molecule has 0 bridgehead atoms. The maximum atomic E-state index is 12.3. The van der Waals surface area contributed by atoms with Gasteiger partial charge in [0, 0.05) is 24.8 Å². The van der Waals surface area contributed by atoms with Crippen LogP contribution in [0, 0.1) is 13.8 Å². The van der Waals surface area contributed by atoms with E-state index in [2.05, 4.69) is 10.4 Å². The fourth-order valence-corrected chi connectivity index (χ4v) is 3.79. The number of rotatable bonds is 2. The smallest absolute Gasteiger partial charge is 0.322 e. The second kappa shape index (κ2) is 6.27. The lowest BCUT2D eigenvalue weighted by Gasteiger charge is -2.26. The minimum absolute atomic E-state index is 0.0112. The van der Waals surface area contributed by atoms with Gasteiger partial charge >= 0.3 is 6.03 Å². The van der Waals surface area contributed by atoms with E-state index in [4.69, 9.17) is 0 Å². The average molecular weight is 348 g/mol. The molecule has 1 aromatic heterocycles. The van der Waals surface area contributed by atoms with Gasteiger partial charge in [-0.25, -0.2) is 17.9 Å². The van der Waals surface area contributed by atoms with Crippen LogP contribution in [0.2, 0.25) is 0 Å². The van der Waals surface area contributed by atoms with Crippen LogP contribution in [0.15, 0.2) is 30.3 Å². The molecule has 128 valence electrons. The van der Waals surface area contributed by atoms with Crippen molar-refractivity contribution in [3.63, 3.8) is 0 Å². The van der Waals surface area contributed by atoms with Crippen molar-refractivity contribution in [3.05, 3.63) is 41.6 Å². The van der Waals surface area contributed by atoms with Gasteiger partial charge in [-0.2, -0.15) is 0 Å². The van der Waals surface area contributed by atoms with Gasteiger partial charge in [0.1, 0.15) is 0 Å². The number of hydrogen-bond acceptors (Lipinski definition) is 4. The zero-order valence-electron chi connectivity index (χ0n) is 13.7. The van der Waals surface area contributed by atoms with Gasteiger partial charge in [0.15, 0.2) is 15.7 Å². The van der Waals surface area contributed by atoms with Crippen LogP contribution >= 0.6 is 0 Å². The number of aromatic nitrogens is 2. The van der Waals surface area contributed by atoms with Crippen molar-refractivity contribution in [2.45, 2.75) is 13.8 Å². The van der Waals surface area contributed by atoms with E-state index in [1.165, 1.54) is 4.90 Å². The molecular weight excluding hydrogens is 328 g/mol. The lowest BCUT2D eigenvalue weighted by atomic mass is 10.2. The SMILES string of the molecule is Cc1ccc(-n2nc(NC(=O)N3CCS(=O)(=O)CC3)cc2C)cc1. The number of sulfone groups is 1. The molecule has 1 aliphatic heterocycles. The molecule has 24 heavy (non-hydrogen) atoms. The van der Waals surface area contributed by atoms with E-state index >= 15 is 0 Å². The molecule has 0 unspecified atom stereocenters. The maximum absolute atomic E-state index is 12.3. The molecule has 0 spiro atoms. The van der Waals surface area contributed by atoms with E-state index in [0.717, 1.165) is 16.9 Å². The molecule has 1 aliphatic rings. The zero-order chi connectivity index (χ0) is 17.3. The number of carbonyl (C=O) groups is 1. The first-order valence-corrected chi connectivity index (χ1v) is 9.56. The quantitative estimate of drug-likeness (QED) is 0.896. The third kappa shape index (κ3) is 3.59. The number of carbonyl (C=O) groups excluding carboxylic acids is 1. The Balaban J connectivity index is 1.71. The number of nitrogens with zero attached hydrogens (tertiary/aromatic N) is 3. The summed E-state index contributed by atoms with van der Waals surface area (Å²) in [6.45, 7) is 4.36. The number of hydrogen-bond donors (Lipinski definition) is 1. The van der Waals surface area contributed by atoms with Crippen LogP contribution in [0.1, 0.15) is 11.3 Å². The van der Waals surface area contributed by atoms with Crippen molar-refractivity contribution in [1.29, 1.82) is 0 Å². The van der Waals surface area contributed by atoms with Gasteiger partial charge in [-0.05, 0) is 26.0 Å². The Morgan fingerprint density at radius 2 is 1.75 bits per heavy atom. The second-order valence-corrected chi connectivity index (χ2v) is 8.29. The first-order valence-electron chi connectivity index (χ1n) is 7.74. The molecule has 0 aliphatic carbocycles. The summed E-state index contributed by atoms with van der Waals surface area (Å²) in [5.74, 6) is 0.473. The monoisotopic (exact) mass is 348 g/mol. The van der Waals surface area contributed by atoms with Crippen molar-refractivity contribution in [1.82, 2.24) is 14.7 Å².